The van der Waals surface area contributed by atoms with Crippen LogP contribution in [0.15, 0.2) is 0 Å². The zero-order valence-electron chi connectivity index (χ0n) is 13.2. The minimum atomic E-state index is 0.291. The van der Waals surface area contributed by atoms with Gasteiger partial charge >= 0.3 is 0 Å². The molecule has 1 aliphatic carbocycles. The van der Waals surface area contributed by atoms with E-state index in [4.69, 9.17) is 5.73 Å². The molecule has 19 heavy (non-hydrogen) atoms. The monoisotopic (exact) mass is 267 g/mol. The molecule has 0 amide bonds. The third-order valence-corrected chi connectivity index (χ3v) is 5.86. The molecule has 1 saturated carbocycles. The van der Waals surface area contributed by atoms with Crippen LogP contribution >= 0.6 is 0 Å². The number of nitrogens with zero attached hydrogens (tertiary/aromatic N) is 2. The molecule has 2 atom stereocenters. The quantitative estimate of drug-likeness (QED) is 0.848. The number of rotatable bonds is 4. The zero-order valence-corrected chi connectivity index (χ0v) is 13.2. The van der Waals surface area contributed by atoms with Crippen molar-refractivity contribution in [2.45, 2.75) is 63.5 Å². The van der Waals surface area contributed by atoms with Gasteiger partial charge in [0.05, 0.1) is 0 Å². The first kappa shape index (κ1) is 15.3. The summed E-state index contributed by atoms with van der Waals surface area (Å²) in [6.45, 7) is 5.67. The third kappa shape index (κ3) is 3.32. The first-order chi connectivity index (χ1) is 9.11. The molecule has 0 spiro atoms. The van der Waals surface area contributed by atoms with Gasteiger partial charge in [0.1, 0.15) is 0 Å². The van der Waals surface area contributed by atoms with Gasteiger partial charge in [0, 0.05) is 18.1 Å². The second kappa shape index (κ2) is 6.55. The summed E-state index contributed by atoms with van der Waals surface area (Å²) in [5.41, 5.74) is 6.53. The van der Waals surface area contributed by atoms with Crippen LogP contribution in [0.2, 0.25) is 0 Å². The molecule has 1 aliphatic heterocycles. The van der Waals surface area contributed by atoms with Crippen molar-refractivity contribution in [2.24, 2.45) is 11.7 Å². The van der Waals surface area contributed by atoms with Crippen molar-refractivity contribution >= 4 is 0 Å². The van der Waals surface area contributed by atoms with Crippen molar-refractivity contribution < 1.29 is 0 Å². The molecular formula is C16H33N3. The van der Waals surface area contributed by atoms with Crippen LogP contribution < -0.4 is 5.73 Å². The normalized spacial score (nSPS) is 34.9. The molecule has 0 aromatic heterocycles. The predicted octanol–water partition coefficient (Wildman–Crippen LogP) is 2.31. The molecule has 1 heterocycles. The molecular weight excluding hydrogens is 234 g/mol. The highest BCUT2D eigenvalue weighted by atomic mass is 15.2. The van der Waals surface area contributed by atoms with Crippen molar-refractivity contribution in [1.82, 2.24) is 9.80 Å². The van der Waals surface area contributed by atoms with Gasteiger partial charge in [-0.15, -0.1) is 0 Å². The Morgan fingerprint density at radius 2 is 1.95 bits per heavy atom. The third-order valence-electron chi connectivity index (χ3n) is 5.86. The molecule has 2 N–H and O–H groups in total. The van der Waals surface area contributed by atoms with Crippen LogP contribution in [-0.2, 0) is 0 Å². The van der Waals surface area contributed by atoms with Crippen LogP contribution in [-0.4, -0.2) is 55.1 Å². The van der Waals surface area contributed by atoms with E-state index in [9.17, 15) is 0 Å². The Morgan fingerprint density at radius 3 is 2.53 bits per heavy atom. The topological polar surface area (TPSA) is 32.5 Å². The van der Waals surface area contributed by atoms with E-state index in [0.29, 0.717) is 5.54 Å². The van der Waals surface area contributed by atoms with Gasteiger partial charge in [-0.2, -0.15) is 0 Å². The van der Waals surface area contributed by atoms with E-state index in [2.05, 4.69) is 30.8 Å². The highest BCUT2D eigenvalue weighted by Gasteiger charge is 2.41. The summed E-state index contributed by atoms with van der Waals surface area (Å²) in [5, 5.41) is 0. The maximum absolute atomic E-state index is 6.24. The standard InChI is InChI=1S/C16H33N3/c1-4-14-6-5-9-16(12-14,13-17)19(3)15-7-10-18(2)11-8-15/h14-15H,4-13,17H2,1-3H3. The number of nitrogens with two attached hydrogens (primary N) is 1. The first-order valence-corrected chi connectivity index (χ1v) is 8.23. The summed E-state index contributed by atoms with van der Waals surface area (Å²) in [6.07, 6.45) is 9.36. The van der Waals surface area contributed by atoms with Gasteiger partial charge < -0.3 is 10.6 Å². The lowest BCUT2D eigenvalue weighted by molar-refractivity contribution is 0.00305. The van der Waals surface area contributed by atoms with Crippen LogP contribution in [0, 0.1) is 5.92 Å². The fraction of sp³-hybridized carbons (Fsp3) is 1.00. The molecule has 2 unspecified atom stereocenters. The van der Waals surface area contributed by atoms with Gasteiger partial charge in [0.2, 0.25) is 0 Å². The number of hydrogen-bond donors (Lipinski definition) is 1. The van der Waals surface area contributed by atoms with Gasteiger partial charge in [0.15, 0.2) is 0 Å². The molecule has 2 aliphatic rings. The molecule has 1 saturated heterocycles. The lowest BCUT2D eigenvalue weighted by Gasteiger charge is -2.51. The average Bonchev–Trinajstić information content (AvgIpc) is 2.47. The van der Waals surface area contributed by atoms with Gasteiger partial charge in [-0.25, -0.2) is 0 Å². The molecule has 2 fully saturated rings. The van der Waals surface area contributed by atoms with Crippen molar-refractivity contribution in [2.75, 3.05) is 33.7 Å². The highest BCUT2D eigenvalue weighted by molar-refractivity contribution is 4.98. The number of likely N-dealkylation sites (N-methyl/N-ethyl adjacent to an activating group) is 1. The second-order valence-corrected chi connectivity index (χ2v) is 6.94. The second-order valence-electron chi connectivity index (χ2n) is 6.94. The number of hydrogen-bond acceptors (Lipinski definition) is 3. The molecule has 112 valence electrons. The largest absolute Gasteiger partial charge is 0.329 e. The summed E-state index contributed by atoms with van der Waals surface area (Å²) >= 11 is 0. The van der Waals surface area contributed by atoms with E-state index in [0.717, 1.165) is 18.5 Å². The first-order valence-electron chi connectivity index (χ1n) is 8.23. The Bertz CT molecular complexity index is 273. The highest BCUT2D eigenvalue weighted by Crippen LogP contribution is 2.39. The minimum Gasteiger partial charge on any atom is -0.329 e. The van der Waals surface area contributed by atoms with E-state index >= 15 is 0 Å². The van der Waals surface area contributed by atoms with Gasteiger partial charge in [-0.3, -0.25) is 4.90 Å². The Hall–Kier alpha value is -0.120. The Morgan fingerprint density at radius 1 is 1.26 bits per heavy atom. The predicted molar refractivity (Wildman–Crippen MR) is 82.3 cm³/mol. The summed E-state index contributed by atoms with van der Waals surface area (Å²) in [6, 6.07) is 0.746. The molecule has 2 rings (SSSR count). The Balaban J connectivity index is 2.03. The summed E-state index contributed by atoms with van der Waals surface area (Å²) in [7, 11) is 4.59. The van der Waals surface area contributed by atoms with E-state index in [1.807, 2.05) is 0 Å². The zero-order chi connectivity index (χ0) is 13.9. The number of piperidine rings is 1. The SMILES string of the molecule is CCC1CCCC(CN)(N(C)C2CCN(C)CC2)C1. The minimum absolute atomic E-state index is 0.291. The molecule has 0 bridgehead atoms. The molecule has 0 aromatic rings. The van der Waals surface area contributed by atoms with E-state index in [1.54, 1.807) is 0 Å². The van der Waals surface area contributed by atoms with Crippen LogP contribution in [0.1, 0.15) is 51.9 Å². The molecule has 0 radical (unpaired) electrons. The summed E-state index contributed by atoms with van der Waals surface area (Å²) < 4.78 is 0. The molecule has 3 nitrogen and oxygen atoms in total. The van der Waals surface area contributed by atoms with Crippen molar-refractivity contribution in [1.29, 1.82) is 0 Å². The summed E-state index contributed by atoms with van der Waals surface area (Å²) in [4.78, 5) is 5.14. The molecule has 0 aromatic carbocycles. The number of likely N-dealkylation sites (tertiary alicyclic amines) is 1. The van der Waals surface area contributed by atoms with Crippen LogP contribution in [0.3, 0.4) is 0 Å². The van der Waals surface area contributed by atoms with Crippen LogP contribution in [0.25, 0.3) is 0 Å². The lowest BCUT2D eigenvalue weighted by Crippen LogP contribution is -2.59. The van der Waals surface area contributed by atoms with Crippen LogP contribution in [0.4, 0.5) is 0 Å². The maximum atomic E-state index is 6.24. The van der Waals surface area contributed by atoms with Gasteiger partial charge in [-0.05, 0) is 58.8 Å². The molecule has 3 heteroatoms. The maximum Gasteiger partial charge on any atom is 0.0334 e. The Kier molecular flexibility index (Phi) is 5.27. The van der Waals surface area contributed by atoms with E-state index < -0.39 is 0 Å². The fourth-order valence-corrected chi connectivity index (χ4v) is 4.23. The lowest BCUT2D eigenvalue weighted by atomic mass is 9.73. The van der Waals surface area contributed by atoms with Crippen LogP contribution in [0.5, 0.6) is 0 Å². The smallest absolute Gasteiger partial charge is 0.0334 e. The van der Waals surface area contributed by atoms with E-state index in [-0.39, 0.29) is 0 Å². The van der Waals surface area contributed by atoms with Gasteiger partial charge in [-0.1, -0.05) is 26.2 Å². The van der Waals surface area contributed by atoms with E-state index in [1.165, 1.54) is 58.0 Å². The Labute approximate surface area is 119 Å². The van der Waals surface area contributed by atoms with Crippen molar-refractivity contribution in [3.05, 3.63) is 0 Å². The fourth-order valence-electron chi connectivity index (χ4n) is 4.23. The summed E-state index contributed by atoms with van der Waals surface area (Å²) in [5.74, 6) is 0.894. The van der Waals surface area contributed by atoms with Crippen molar-refractivity contribution in [3.63, 3.8) is 0 Å². The van der Waals surface area contributed by atoms with Gasteiger partial charge in [0.25, 0.3) is 0 Å². The average molecular weight is 267 g/mol. The van der Waals surface area contributed by atoms with Crippen molar-refractivity contribution in [3.8, 4) is 0 Å².